The molecule has 1 aromatic heterocycles. The largest absolute Gasteiger partial charge is 0.389 e. The van der Waals surface area contributed by atoms with Crippen LogP contribution in [-0.2, 0) is 12.8 Å². The number of carbonyl (C=O) groups is 1. The van der Waals surface area contributed by atoms with Crippen LogP contribution in [0.25, 0.3) is 0 Å². The average molecular weight is 332 g/mol. The molecule has 0 aliphatic carbocycles. The first-order valence-corrected chi connectivity index (χ1v) is 8.77. The van der Waals surface area contributed by atoms with Crippen molar-refractivity contribution >= 4 is 17.2 Å². The van der Waals surface area contributed by atoms with Gasteiger partial charge in [0.25, 0.3) is 5.91 Å². The summed E-state index contributed by atoms with van der Waals surface area (Å²) in [5, 5.41) is 12.7. The number of hydrogen-bond acceptors (Lipinski definition) is 4. The van der Waals surface area contributed by atoms with Gasteiger partial charge in [0.15, 0.2) is 0 Å². The molecule has 4 nitrogen and oxygen atoms in total. The van der Waals surface area contributed by atoms with E-state index in [1.807, 2.05) is 30.5 Å². The number of hydrogen-bond donors (Lipinski definition) is 1. The number of nitrogens with zero attached hydrogens (tertiary/aromatic N) is 2. The van der Waals surface area contributed by atoms with Gasteiger partial charge < -0.3 is 10.0 Å². The van der Waals surface area contributed by atoms with Gasteiger partial charge in [-0.05, 0) is 32.8 Å². The Hall–Kier alpha value is -1.72. The predicted molar refractivity (Wildman–Crippen MR) is 93.8 cm³/mol. The quantitative estimate of drug-likeness (QED) is 0.847. The van der Waals surface area contributed by atoms with Gasteiger partial charge in [-0.15, -0.1) is 11.3 Å². The minimum atomic E-state index is -0.905. The highest BCUT2D eigenvalue weighted by atomic mass is 32.1. The third-order valence-corrected chi connectivity index (χ3v) is 4.40. The summed E-state index contributed by atoms with van der Waals surface area (Å²) in [6.45, 7) is 6.18. The van der Waals surface area contributed by atoms with E-state index in [1.54, 1.807) is 18.7 Å². The van der Waals surface area contributed by atoms with Crippen LogP contribution < -0.4 is 0 Å². The van der Waals surface area contributed by atoms with Gasteiger partial charge in [0, 0.05) is 24.9 Å². The summed E-state index contributed by atoms with van der Waals surface area (Å²) in [6, 6.07) is 10.3. The Bertz CT molecular complexity index is 632. The SMILES string of the molecule is CCN(CC(C)(C)O)C(=O)c1csc(CCc2ccccc2)n1. The lowest BCUT2D eigenvalue weighted by Gasteiger charge is -2.27. The van der Waals surface area contributed by atoms with Gasteiger partial charge in [-0.2, -0.15) is 0 Å². The van der Waals surface area contributed by atoms with Gasteiger partial charge in [-0.3, -0.25) is 4.79 Å². The molecular weight excluding hydrogens is 308 g/mol. The Balaban J connectivity index is 1.98. The van der Waals surface area contributed by atoms with Crippen LogP contribution in [0.3, 0.4) is 0 Å². The molecule has 1 aromatic carbocycles. The molecule has 1 amide bonds. The smallest absolute Gasteiger partial charge is 0.273 e. The lowest BCUT2D eigenvalue weighted by Crippen LogP contribution is -2.42. The van der Waals surface area contributed by atoms with E-state index in [-0.39, 0.29) is 5.91 Å². The number of likely N-dealkylation sites (N-methyl/N-ethyl adjacent to an activating group) is 1. The van der Waals surface area contributed by atoms with Crippen LogP contribution in [0.1, 0.15) is 41.8 Å². The van der Waals surface area contributed by atoms with Crippen LogP contribution in [-0.4, -0.2) is 39.6 Å². The fourth-order valence-corrected chi connectivity index (χ4v) is 3.15. The molecule has 0 fully saturated rings. The fourth-order valence-electron chi connectivity index (χ4n) is 2.38. The number of amides is 1. The van der Waals surface area contributed by atoms with Crippen molar-refractivity contribution in [3.05, 3.63) is 52.0 Å². The Kier molecular flexibility index (Phi) is 5.91. The number of aromatic nitrogens is 1. The molecule has 0 aliphatic rings. The summed E-state index contributed by atoms with van der Waals surface area (Å²) in [5.41, 5.74) is 0.842. The van der Waals surface area contributed by atoms with Gasteiger partial charge in [0.05, 0.1) is 10.6 Å². The van der Waals surface area contributed by atoms with Crippen molar-refractivity contribution in [2.24, 2.45) is 0 Å². The van der Waals surface area contributed by atoms with Gasteiger partial charge in [0.2, 0.25) is 0 Å². The second-order valence-corrected chi connectivity index (χ2v) is 7.19. The van der Waals surface area contributed by atoms with Gasteiger partial charge in [-0.1, -0.05) is 30.3 Å². The minimum Gasteiger partial charge on any atom is -0.389 e. The molecule has 124 valence electrons. The van der Waals surface area contributed by atoms with Crippen molar-refractivity contribution in [2.45, 2.75) is 39.2 Å². The van der Waals surface area contributed by atoms with Crippen LogP contribution >= 0.6 is 11.3 Å². The zero-order valence-corrected chi connectivity index (χ0v) is 14.8. The standard InChI is InChI=1S/C18H24N2O2S/c1-4-20(13-18(2,3)22)17(21)15-12-23-16(19-15)11-10-14-8-6-5-7-9-14/h5-9,12,22H,4,10-11,13H2,1-3H3. The highest BCUT2D eigenvalue weighted by Gasteiger charge is 2.23. The van der Waals surface area contributed by atoms with Crippen LogP contribution in [0.2, 0.25) is 0 Å². The molecule has 0 atom stereocenters. The van der Waals surface area contributed by atoms with E-state index in [4.69, 9.17) is 0 Å². The third-order valence-electron chi connectivity index (χ3n) is 3.49. The predicted octanol–water partition coefficient (Wildman–Crippen LogP) is 3.16. The highest BCUT2D eigenvalue weighted by molar-refractivity contribution is 7.09. The topological polar surface area (TPSA) is 53.4 Å². The monoisotopic (exact) mass is 332 g/mol. The summed E-state index contributed by atoms with van der Waals surface area (Å²) in [7, 11) is 0. The van der Waals surface area contributed by atoms with Gasteiger partial charge in [-0.25, -0.2) is 4.98 Å². The van der Waals surface area contributed by atoms with E-state index < -0.39 is 5.60 Å². The molecule has 0 bridgehead atoms. The van der Waals surface area contributed by atoms with E-state index in [0.717, 1.165) is 17.8 Å². The summed E-state index contributed by atoms with van der Waals surface area (Å²) >= 11 is 1.52. The first-order valence-electron chi connectivity index (χ1n) is 7.89. The molecule has 5 heteroatoms. The lowest BCUT2D eigenvalue weighted by atomic mass is 10.1. The van der Waals surface area contributed by atoms with E-state index >= 15 is 0 Å². The van der Waals surface area contributed by atoms with Crippen LogP contribution in [0.4, 0.5) is 0 Å². The Morgan fingerprint density at radius 2 is 1.96 bits per heavy atom. The van der Waals surface area contributed by atoms with E-state index in [0.29, 0.717) is 18.8 Å². The van der Waals surface area contributed by atoms with Crippen molar-refractivity contribution in [1.82, 2.24) is 9.88 Å². The molecule has 0 unspecified atom stereocenters. The molecule has 0 aliphatic heterocycles. The van der Waals surface area contributed by atoms with Crippen molar-refractivity contribution in [3.63, 3.8) is 0 Å². The van der Waals surface area contributed by atoms with Crippen molar-refractivity contribution in [2.75, 3.05) is 13.1 Å². The molecule has 0 radical (unpaired) electrons. The molecular formula is C18H24N2O2S. The van der Waals surface area contributed by atoms with E-state index in [2.05, 4.69) is 17.1 Å². The Morgan fingerprint density at radius 3 is 2.57 bits per heavy atom. The molecule has 0 spiro atoms. The maximum atomic E-state index is 12.5. The average Bonchev–Trinajstić information content (AvgIpc) is 2.99. The fraction of sp³-hybridized carbons (Fsp3) is 0.444. The molecule has 23 heavy (non-hydrogen) atoms. The molecule has 0 saturated carbocycles. The second kappa shape index (κ2) is 7.70. The summed E-state index contributed by atoms with van der Waals surface area (Å²) in [5.74, 6) is -0.114. The number of aliphatic hydroxyl groups is 1. The van der Waals surface area contributed by atoms with Crippen molar-refractivity contribution in [1.29, 1.82) is 0 Å². The maximum Gasteiger partial charge on any atom is 0.273 e. The number of benzene rings is 1. The van der Waals surface area contributed by atoms with E-state index in [9.17, 15) is 9.90 Å². The summed E-state index contributed by atoms with van der Waals surface area (Å²) in [6.07, 6.45) is 1.75. The minimum absolute atomic E-state index is 0.114. The Morgan fingerprint density at radius 1 is 1.26 bits per heavy atom. The molecule has 0 saturated heterocycles. The second-order valence-electron chi connectivity index (χ2n) is 6.24. The maximum absolute atomic E-state index is 12.5. The van der Waals surface area contributed by atoms with Gasteiger partial charge >= 0.3 is 0 Å². The molecule has 1 heterocycles. The Labute approximate surface area is 141 Å². The molecule has 2 aromatic rings. The normalized spacial score (nSPS) is 11.5. The van der Waals surface area contributed by atoms with Crippen LogP contribution in [0.5, 0.6) is 0 Å². The highest BCUT2D eigenvalue weighted by Crippen LogP contribution is 2.16. The zero-order valence-electron chi connectivity index (χ0n) is 14.0. The van der Waals surface area contributed by atoms with E-state index in [1.165, 1.54) is 16.9 Å². The summed E-state index contributed by atoms with van der Waals surface area (Å²) < 4.78 is 0. The zero-order chi connectivity index (χ0) is 16.9. The van der Waals surface area contributed by atoms with Crippen molar-refractivity contribution in [3.8, 4) is 0 Å². The van der Waals surface area contributed by atoms with Gasteiger partial charge in [0.1, 0.15) is 5.69 Å². The number of rotatable bonds is 7. The van der Waals surface area contributed by atoms with Crippen LogP contribution in [0, 0.1) is 0 Å². The first kappa shape index (κ1) is 17.6. The molecule has 1 N–H and O–H groups in total. The first-order chi connectivity index (χ1) is 10.9. The van der Waals surface area contributed by atoms with Crippen LogP contribution in [0.15, 0.2) is 35.7 Å². The molecule has 2 rings (SSSR count). The lowest BCUT2D eigenvalue weighted by molar-refractivity contribution is 0.0312. The number of thiazole rings is 1. The third kappa shape index (κ3) is 5.44. The summed E-state index contributed by atoms with van der Waals surface area (Å²) in [4.78, 5) is 18.6. The number of carbonyl (C=O) groups excluding carboxylic acids is 1. The number of aryl methyl sites for hydroxylation is 2. The van der Waals surface area contributed by atoms with Crippen molar-refractivity contribution < 1.29 is 9.90 Å².